The van der Waals surface area contributed by atoms with Crippen LogP contribution >= 0.6 is 0 Å². The molecule has 408 valence electrons. The fraction of sp³-hybridized carbons (Fsp3) is 0.312. The van der Waals surface area contributed by atoms with Crippen molar-refractivity contribution in [3.63, 3.8) is 0 Å². The van der Waals surface area contributed by atoms with E-state index in [1.54, 1.807) is 31.2 Å². The number of hydrogen-bond donors (Lipinski definition) is 0. The summed E-state index contributed by atoms with van der Waals surface area (Å²) in [5.74, 6) is 0. The Balaban J connectivity index is 1.15. The Bertz CT molecular complexity index is 2940. The number of hydrogen-bond acceptors (Lipinski definition) is 13. The van der Waals surface area contributed by atoms with E-state index in [1.165, 1.54) is 6.07 Å². The maximum Gasteiger partial charge on any atom is 0.297 e. The van der Waals surface area contributed by atoms with E-state index in [0.29, 0.717) is 5.56 Å². The lowest BCUT2D eigenvalue weighted by Gasteiger charge is -2.50. The van der Waals surface area contributed by atoms with Crippen molar-refractivity contribution in [2.24, 2.45) is 0 Å². The molecule has 2 aliphatic rings. The second kappa shape index (κ2) is 29.1. The molecule has 0 radical (unpaired) electrons. The summed E-state index contributed by atoms with van der Waals surface area (Å²) in [6.45, 7) is 6.32. The van der Waals surface area contributed by atoms with Gasteiger partial charge in [0.2, 0.25) is 0 Å². The fourth-order valence-electron chi connectivity index (χ4n) is 9.44. The highest BCUT2D eigenvalue weighted by atomic mass is 32.2. The monoisotopic (exact) mass is 1080 g/mol. The van der Waals surface area contributed by atoms with E-state index in [2.05, 4.69) is 6.58 Å². The highest BCUT2D eigenvalue weighted by Gasteiger charge is 2.55. The molecule has 7 aromatic carbocycles. The average Bonchev–Trinajstić information content (AvgIpc) is 3.60. The summed E-state index contributed by atoms with van der Waals surface area (Å²) < 4.78 is 104. The molecule has 78 heavy (non-hydrogen) atoms. The van der Waals surface area contributed by atoms with Crippen LogP contribution in [0.3, 0.4) is 0 Å². The molecule has 0 spiro atoms. The molecular weight excluding hydrogens is 1010 g/mol. The molecule has 13 nitrogen and oxygen atoms in total. The van der Waals surface area contributed by atoms with Gasteiger partial charge >= 0.3 is 0 Å². The third-order valence-corrected chi connectivity index (χ3v) is 14.9. The predicted molar refractivity (Wildman–Crippen MR) is 294 cm³/mol. The normalized spacial score (nSPS) is 23.4. The molecule has 2 fully saturated rings. The van der Waals surface area contributed by atoms with Crippen molar-refractivity contribution in [1.82, 2.24) is 0 Å². The molecule has 14 heteroatoms. The van der Waals surface area contributed by atoms with E-state index >= 15 is 0 Å². The van der Waals surface area contributed by atoms with Gasteiger partial charge in [0.25, 0.3) is 10.1 Å². The van der Waals surface area contributed by atoms with Crippen molar-refractivity contribution < 1.29 is 60.0 Å². The highest BCUT2D eigenvalue weighted by molar-refractivity contribution is 7.86. The molecule has 2 aliphatic heterocycles. The van der Waals surface area contributed by atoms with Gasteiger partial charge in [-0.15, -0.1) is 6.58 Å². The molecule has 0 N–H and O–H groups in total. The second-order valence-corrected chi connectivity index (χ2v) is 20.7. The van der Waals surface area contributed by atoms with Gasteiger partial charge in [-0.05, 0) is 51.9 Å². The molecule has 0 saturated carbocycles. The molecule has 7 aromatic rings. The molecule has 9 rings (SSSR count). The van der Waals surface area contributed by atoms with Crippen LogP contribution in [0.2, 0.25) is 0 Å². The zero-order chi connectivity index (χ0) is 53.8. The number of ether oxygens (including phenoxy) is 10. The fourth-order valence-corrected chi connectivity index (χ4v) is 10.6. The molecule has 0 amide bonds. The average molecular weight is 1080 g/mol. The molecule has 10 atom stereocenters. The number of aryl methyl sites for hydroxylation is 1. The highest BCUT2D eigenvalue weighted by Crippen LogP contribution is 2.37. The summed E-state index contributed by atoms with van der Waals surface area (Å²) in [7, 11) is -4.34. The predicted octanol–water partition coefficient (Wildman–Crippen LogP) is 10.9. The third kappa shape index (κ3) is 16.0. The van der Waals surface area contributed by atoms with Crippen LogP contribution in [0, 0.1) is 6.92 Å². The van der Waals surface area contributed by atoms with Crippen LogP contribution in [-0.2, 0) is 101 Å². The molecule has 2 heterocycles. The van der Waals surface area contributed by atoms with E-state index in [9.17, 15) is 8.42 Å². The van der Waals surface area contributed by atoms with Gasteiger partial charge in [-0.2, -0.15) is 8.42 Å². The molecule has 0 aromatic heterocycles. The lowest BCUT2D eigenvalue weighted by atomic mass is 9.95. The van der Waals surface area contributed by atoms with Gasteiger partial charge in [0, 0.05) is 0 Å². The van der Waals surface area contributed by atoms with Crippen molar-refractivity contribution >= 4 is 10.1 Å². The van der Waals surface area contributed by atoms with E-state index in [4.69, 9.17) is 51.6 Å². The van der Waals surface area contributed by atoms with Gasteiger partial charge in [0.05, 0.1) is 64.4 Å². The number of rotatable bonds is 28. The van der Waals surface area contributed by atoms with Crippen molar-refractivity contribution in [1.29, 1.82) is 0 Å². The van der Waals surface area contributed by atoms with Gasteiger partial charge in [-0.25, -0.2) is 0 Å². The van der Waals surface area contributed by atoms with Gasteiger partial charge in [0.1, 0.15) is 48.8 Å². The standard InChI is InChI=1S/C64H68O13S/c1-3-38-68-63-61(72-43-52-33-18-8-19-34-52)60(71-42-51-31-16-7-17-32-51)58(54(75-63)45-67-39-48-25-10-4-11-26-48)77-64-62(73-44-53-35-20-9-21-36-53)59(70-41-50-29-14-6-15-30-50)57(69-40-49-27-12-5-13-28-49)55(76-64)46-74-78(65,66)56-37-23-22-24-47(56)2/h3-37,54-55,57-64H,1,38-46H2,2H3/t54-,55-,57-,58-,59+,60+,61-,62-,63?,64+/m1/s1. The maximum absolute atomic E-state index is 14.2. The van der Waals surface area contributed by atoms with E-state index < -0.39 is 78.1 Å². The summed E-state index contributed by atoms with van der Waals surface area (Å²) in [5.41, 5.74) is 5.94. The Morgan fingerprint density at radius 1 is 0.410 bits per heavy atom. The Morgan fingerprint density at radius 2 is 0.769 bits per heavy atom. The lowest BCUT2D eigenvalue weighted by molar-refractivity contribution is -0.376. The van der Waals surface area contributed by atoms with Crippen LogP contribution in [-0.4, -0.2) is 89.7 Å². The third-order valence-electron chi connectivity index (χ3n) is 13.4. The first-order valence-corrected chi connectivity index (χ1v) is 27.8. The Hall–Kier alpha value is -6.21. The van der Waals surface area contributed by atoms with Gasteiger partial charge in [-0.1, -0.05) is 206 Å². The summed E-state index contributed by atoms with van der Waals surface area (Å²) in [5, 5.41) is 0. The largest absolute Gasteiger partial charge is 0.374 e. The smallest absolute Gasteiger partial charge is 0.297 e. The van der Waals surface area contributed by atoms with Crippen LogP contribution in [0.1, 0.15) is 38.9 Å². The zero-order valence-corrected chi connectivity index (χ0v) is 44.6. The van der Waals surface area contributed by atoms with Gasteiger partial charge < -0.3 is 47.4 Å². The maximum atomic E-state index is 14.2. The summed E-state index contributed by atoms with van der Waals surface area (Å²) in [4.78, 5) is 0.0298. The van der Waals surface area contributed by atoms with E-state index in [1.807, 2.05) is 182 Å². The molecule has 0 aliphatic carbocycles. The first-order valence-electron chi connectivity index (χ1n) is 26.3. The van der Waals surface area contributed by atoms with Crippen molar-refractivity contribution in [2.45, 2.75) is 113 Å². The van der Waals surface area contributed by atoms with Crippen LogP contribution in [0.5, 0.6) is 0 Å². The SMILES string of the molecule is C=CCOC1O[C@H](COCc2ccccc2)[C@@H](O[C@@H]2O[C@H](COS(=O)(=O)c3ccccc3C)[C@@H](OCc3ccccc3)[C@H](OCc3ccccc3)[C@H]2OCc2ccccc2)[C@H](OCc2ccccc2)[C@H]1OCc1ccccc1. The Labute approximate surface area is 458 Å². The lowest BCUT2D eigenvalue weighted by Crippen LogP contribution is -2.66. The van der Waals surface area contributed by atoms with Crippen molar-refractivity contribution in [3.05, 3.63) is 258 Å². The number of benzene rings is 7. The molecular formula is C64H68O13S. The first-order chi connectivity index (χ1) is 38.3. The van der Waals surface area contributed by atoms with Crippen molar-refractivity contribution in [2.75, 3.05) is 19.8 Å². The van der Waals surface area contributed by atoms with Crippen LogP contribution in [0.25, 0.3) is 0 Å². The molecule has 2 saturated heterocycles. The first kappa shape index (κ1) is 56.5. The Kier molecular flexibility index (Phi) is 21.1. The second-order valence-electron chi connectivity index (χ2n) is 19.1. The zero-order valence-electron chi connectivity index (χ0n) is 43.8. The van der Waals surface area contributed by atoms with Crippen LogP contribution < -0.4 is 0 Å². The van der Waals surface area contributed by atoms with Gasteiger partial charge in [0.15, 0.2) is 12.6 Å². The van der Waals surface area contributed by atoms with Crippen LogP contribution in [0.15, 0.2) is 224 Å². The minimum Gasteiger partial charge on any atom is -0.374 e. The summed E-state index contributed by atoms with van der Waals surface area (Å²) >= 11 is 0. The Morgan fingerprint density at radius 3 is 1.22 bits per heavy atom. The van der Waals surface area contributed by atoms with Gasteiger partial charge in [-0.3, -0.25) is 4.18 Å². The topological polar surface area (TPSA) is 136 Å². The summed E-state index contributed by atoms with van der Waals surface area (Å²) in [6, 6.07) is 65.3. The minimum absolute atomic E-state index is 0.0182. The molecule has 1 unspecified atom stereocenters. The van der Waals surface area contributed by atoms with E-state index in [0.717, 1.165) is 33.4 Å². The minimum atomic E-state index is -4.34. The summed E-state index contributed by atoms with van der Waals surface area (Å²) in [6.07, 6.45) is -8.54. The van der Waals surface area contributed by atoms with E-state index in [-0.39, 0.29) is 57.8 Å². The quantitative estimate of drug-likeness (QED) is 0.0340. The van der Waals surface area contributed by atoms with Crippen LogP contribution in [0.4, 0.5) is 0 Å². The molecule has 0 bridgehead atoms. The van der Waals surface area contributed by atoms with Crippen molar-refractivity contribution in [3.8, 4) is 0 Å².